The fraction of sp³-hybridized carbons (Fsp3) is 0.875. The van der Waals surface area contributed by atoms with Crippen LogP contribution in [-0.4, -0.2) is 154 Å². The fourth-order valence-corrected chi connectivity index (χ4v) is 8.64. The summed E-state index contributed by atoms with van der Waals surface area (Å²) in [6.07, 6.45) is -3.06. The molecule has 22 nitrogen and oxygen atoms in total. The molecule has 0 saturated heterocycles. The Bertz CT molecular complexity index is 1070. The Morgan fingerprint density at radius 1 is 0.500 bits per heavy atom. The summed E-state index contributed by atoms with van der Waals surface area (Å²) in [6, 6.07) is 0. The lowest BCUT2D eigenvalue weighted by Gasteiger charge is -2.28. The number of hydrogen-bond donors (Lipinski definition) is 12. The molecule has 1 unspecified atom stereocenters. The van der Waals surface area contributed by atoms with Gasteiger partial charge < -0.3 is 58.9 Å². The molecule has 0 spiro atoms. The summed E-state index contributed by atoms with van der Waals surface area (Å²) >= 11 is 0. The van der Waals surface area contributed by atoms with Crippen molar-refractivity contribution in [1.82, 2.24) is 19.4 Å². The van der Waals surface area contributed by atoms with E-state index in [2.05, 4.69) is 0 Å². The Balaban J connectivity index is 5.24. The van der Waals surface area contributed by atoms with Crippen LogP contribution in [0.3, 0.4) is 0 Å². The fourth-order valence-electron chi connectivity index (χ4n) is 3.85. The van der Waals surface area contributed by atoms with Gasteiger partial charge in [0.15, 0.2) is 0 Å². The second kappa shape index (κ2) is 19.9. The summed E-state index contributed by atoms with van der Waals surface area (Å²) in [5, 5.41) is 8.97. The van der Waals surface area contributed by atoms with Gasteiger partial charge in [0.25, 0.3) is 16.7 Å². The molecule has 0 rings (SSSR count). The Labute approximate surface area is 254 Å². The normalized spacial score (nSPS) is 14.2. The van der Waals surface area contributed by atoms with Gasteiger partial charge in [-0.25, -0.2) is 4.79 Å². The molecular formula is C16H40N4O18P6. The van der Waals surface area contributed by atoms with Gasteiger partial charge in [-0.3, -0.25) is 42.4 Å². The van der Waals surface area contributed by atoms with Crippen LogP contribution < -0.4 is 0 Å². The lowest BCUT2D eigenvalue weighted by atomic mass is 10.2. The minimum absolute atomic E-state index is 0.00711. The molecule has 0 aliphatic carbocycles. The third kappa shape index (κ3) is 23.5. The van der Waals surface area contributed by atoms with Crippen molar-refractivity contribution >= 4 is 58.4 Å². The van der Waals surface area contributed by atoms with E-state index >= 15 is 0 Å². The minimum atomic E-state index is -4.68. The Morgan fingerprint density at radius 3 is 1.11 bits per heavy atom. The molecule has 0 aliphatic rings. The van der Waals surface area contributed by atoms with E-state index in [4.69, 9.17) is 34.5 Å². The molecule has 28 heteroatoms. The number of unbranched alkanes of at least 4 members (excludes halogenated alkanes) is 1. The van der Waals surface area contributed by atoms with Crippen molar-refractivity contribution in [3.05, 3.63) is 0 Å². The maximum atomic E-state index is 11.9. The van der Waals surface area contributed by atoms with Crippen molar-refractivity contribution in [3.63, 3.8) is 0 Å². The first kappa shape index (κ1) is 44.2. The minimum Gasteiger partial charge on any atom is -0.475 e. The molecule has 0 bridgehead atoms. The molecule has 0 aromatic heterocycles. The van der Waals surface area contributed by atoms with E-state index in [0.717, 1.165) is 4.90 Å². The van der Waals surface area contributed by atoms with Gasteiger partial charge in [-0.15, -0.1) is 0 Å². The van der Waals surface area contributed by atoms with Gasteiger partial charge in [-0.05, 0) is 38.8 Å². The molecule has 0 saturated carbocycles. The highest BCUT2D eigenvalue weighted by Crippen LogP contribution is 2.43. The largest absolute Gasteiger partial charge is 0.475 e. The molecule has 262 valence electrons. The van der Waals surface area contributed by atoms with Crippen molar-refractivity contribution < 1.29 is 86.8 Å². The van der Waals surface area contributed by atoms with Crippen LogP contribution in [0, 0.1) is 0 Å². The van der Waals surface area contributed by atoms with Gasteiger partial charge in [0.05, 0.1) is 0 Å². The van der Waals surface area contributed by atoms with Gasteiger partial charge in [0.2, 0.25) is 0 Å². The molecule has 1 atom stereocenters. The number of amides is 1. The third-order valence-corrected chi connectivity index (χ3v) is 10.3. The van der Waals surface area contributed by atoms with E-state index in [0.29, 0.717) is 4.67 Å². The summed E-state index contributed by atoms with van der Waals surface area (Å²) in [7, 11) is -24.9. The molecule has 12 N–H and O–H groups in total. The van der Waals surface area contributed by atoms with Crippen molar-refractivity contribution in [2.45, 2.75) is 25.7 Å². The summed E-state index contributed by atoms with van der Waals surface area (Å²) in [5.41, 5.74) is -3.21. The monoisotopic (exact) mass is 762 g/mol. The Morgan fingerprint density at radius 2 is 0.795 bits per heavy atom. The van der Waals surface area contributed by atoms with Crippen LogP contribution >= 0.6 is 47.1 Å². The van der Waals surface area contributed by atoms with E-state index in [1.54, 1.807) is 0 Å². The molecule has 44 heavy (non-hydrogen) atoms. The van der Waals surface area contributed by atoms with E-state index in [9.17, 15) is 52.3 Å². The Kier molecular flexibility index (Phi) is 19.9. The molecule has 0 aromatic rings. The second-order valence-corrected chi connectivity index (χ2v) is 18.4. The van der Waals surface area contributed by atoms with Crippen LogP contribution in [0.25, 0.3) is 0 Å². The van der Waals surface area contributed by atoms with E-state index in [-0.39, 0.29) is 58.4 Å². The summed E-state index contributed by atoms with van der Waals surface area (Å²) in [4.78, 5) is 129. The van der Waals surface area contributed by atoms with Crippen LogP contribution in [0.2, 0.25) is 0 Å². The van der Waals surface area contributed by atoms with Crippen LogP contribution in [0.5, 0.6) is 0 Å². The highest BCUT2D eigenvalue weighted by Gasteiger charge is 2.33. The molecule has 1 amide bonds. The summed E-state index contributed by atoms with van der Waals surface area (Å²) in [5.74, 6) is 0. The van der Waals surface area contributed by atoms with Gasteiger partial charge >= 0.3 is 41.7 Å². The SMILES string of the molecule is O=C(N(CCCN(CCCCN(CCCN(CP(=O)(O)O)CP(=O)(O)O)CP(=O)(O)O)CP(=O)(O)O)P(O)C(=O)O)P(O)O. The van der Waals surface area contributed by atoms with Crippen molar-refractivity contribution in [1.29, 1.82) is 0 Å². The van der Waals surface area contributed by atoms with Crippen LogP contribution in [0.15, 0.2) is 0 Å². The standard InChI is InChI=1S/C16H40N4O18P6/c21-15(40(25)26)20(39(24)16(22)23)10-4-8-18(12-42(30,31)32)6-2-1-5-17(11-41(27,28)29)7-3-9-19(13-43(33,34)35)14-44(36,37)38/h24-26H,1-14H2,(H,22,23)(H2,27,28,29)(H2,30,31,32)(H2,33,34,35)(H2,36,37,38). The van der Waals surface area contributed by atoms with Gasteiger partial charge in [-0.2, -0.15) is 0 Å². The third-order valence-electron chi connectivity index (χ3n) is 5.32. The highest BCUT2D eigenvalue weighted by atomic mass is 31.2. The topological polar surface area (TPSA) is 358 Å². The predicted octanol–water partition coefficient (Wildman–Crippen LogP) is -0.306. The first-order valence-corrected chi connectivity index (χ1v) is 22.0. The number of carboxylic acid groups (broad SMARTS) is 1. The quantitative estimate of drug-likeness (QED) is 0.0443. The lowest BCUT2D eigenvalue weighted by Crippen LogP contribution is -2.33. The number of nitrogens with zero attached hydrogens (tertiary/aromatic N) is 4. The zero-order chi connectivity index (χ0) is 34.5. The van der Waals surface area contributed by atoms with Crippen LogP contribution in [-0.2, 0) is 18.3 Å². The lowest BCUT2D eigenvalue weighted by molar-refractivity contribution is 0.211. The molecule has 0 radical (unpaired) electrons. The number of hydrogen-bond acceptors (Lipinski definition) is 12. The van der Waals surface area contributed by atoms with Gasteiger partial charge in [0, 0.05) is 26.2 Å². The number of carbonyl (C=O) groups is 2. The van der Waals surface area contributed by atoms with Crippen molar-refractivity contribution in [3.8, 4) is 0 Å². The van der Waals surface area contributed by atoms with Crippen LogP contribution in [0.1, 0.15) is 25.7 Å². The van der Waals surface area contributed by atoms with Crippen molar-refractivity contribution in [2.75, 3.05) is 64.4 Å². The molecule has 0 aliphatic heterocycles. The predicted molar refractivity (Wildman–Crippen MR) is 157 cm³/mol. The van der Waals surface area contributed by atoms with Crippen molar-refractivity contribution in [2.24, 2.45) is 0 Å². The Hall–Kier alpha value is 0.160. The molecular weight excluding hydrogens is 722 g/mol. The highest BCUT2D eigenvalue weighted by molar-refractivity contribution is 7.71. The average molecular weight is 762 g/mol. The van der Waals surface area contributed by atoms with Gasteiger partial charge in [-0.1, -0.05) is 0 Å². The maximum absolute atomic E-state index is 11.9. The first-order chi connectivity index (χ1) is 19.8. The average Bonchev–Trinajstić information content (AvgIpc) is 2.79. The molecule has 0 aromatic carbocycles. The number of carbonyl (C=O) groups excluding carboxylic acids is 1. The molecule has 0 heterocycles. The first-order valence-electron chi connectivity index (χ1n) is 12.4. The zero-order valence-corrected chi connectivity index (χ0v) is 28.6. The summed E-state index contributed by atoms with van der Waals surface area (Å²) in [6.45, 7) is -0.837. The van der Waals surface area contributed by atoms with E-state index in [1.165, 1.54) is 9.80 Å². The van der Waals surface area contributed by atoms with Crippen LogP contribution in [0.4, 0.5) is 9.59 Å². The summed E-state index contributed by atoms with van der Waals surface area (Å²) < 4.78 is 46.1. The smallest absolute Gasteiger partial charge is 0.374 e. The second-order valence-electron chi connectivity index (χ2n) is 9.54. The van der Waals surface area contributed by atoms with E-state index in [1.807, 2.05) is 0 Å². The zero-order valence-electron chi connectivity index (χ0n) is 23.2. The number of rotatable bonds is 24. The van der Waals surface area contributed by atoms with Gasteiger partial charge in [0.1, 0.15) is 25.1 Å². The maximum Gasteiger partial charge on any atom is 0.374 e. The molecule has 0 fully saturated rings. The van der Waals surface area contributed by atoms with E-state index < -0.39 is 90.1 Å².